The van der Waals surface area contributed by atoms with Crippen LogP contribution in [-0.2, 0) is 0 Å². The lowest BCUT2D eigenvalue weighted by Crippen LogP contribution is -2.03. The summed E-state index contributed by atoms with van der Waals surface area (Å²) in [5, 5.41) is 0. The van der Waals surface area contributed by atoms with E-state index in [-0.39, 0.29) is 0 Å². The maximum atomic E-state index is 4.53. The summed E-state index contributed by atoms with van der Waals surface area (Å²) in [6.45, 7) is 0. The smallest absolute Gasteiger partial charge is 0.0434 e. The third-order valence-corrected chi connectivity index (χ3v) is 3.71. The van der Waals surface area contributed by atoms with Crippen molar-refractivity contribution in [2.75, 3.05) is 0 Å². The van der Waals surface area contributed by atoms with Crippen LogP contribution in [0.3, 0.4) is 0 Å². The van der Waals surface area contributed by atoms with Gasteiger partial charge in [-0.2, -0.15) is 0 Å². The van der Waals surface area contributed by atoms with Gasteiger partial charge in [0, 0.05) is 17.8 Å². The molecule has 0 aliphatic heterocycles. The number of aromatic nitrogens is 1. The first-order valence-corrected chi connectivity index (χ1v) is 6.88. The first-order chi connectivity index (χ1) is 7.97. The summed E-state index contributed by atoms with van der Waals surface area (Å²) >= 11 is 0. The molecular formula is C15H23N. The Morgan fingerprint density at radius 2 is 1.44 bits per heavy atom. The van der Waals surface area contributed by atoms with Gasteiger partial charge in [0.1, 0.15) is 0 Å². The van der Waals surface area contributed by atoms with Crippen LogP contribution in [0.15, 0.2) is 24.4 Å². The molecule has 1 heteroatoms. The Kier molecular flexibility index (Phi) is 4.85. The van der Waals surface area contributed by atoms with Crippen LogP contribution in [0.4, 0.5) is 0 Å². The molecule has 1 aromatic rings. The van der Waals surface area contributed by atoms with E-state index in [2.05, 4.69) is 17.1 Å². The SMILES string of the molecule is c1ccc(C2CCCCCCCCC2)nc1. The van der Waals surface area contributed by atoms with Crippen molar-refractivity contribution in [2.24, 2.45) is 0 Å². The zero-order valence-corrected chi connectivity index (χ0v) is 10.2. The predicted octanol–water partition coefficient (Wildman–Crippen LogP) is 4.69. The van der Waals surface area contributed by atoms with E-state index in [1.54, 1.807) is 0 Å². The highest BCUT2D eigenvalue weighted by Crippen LogP contribution is 2.28. The van der Waals surface area contributed by atoms with Crippen molar-refractivity contribution < 1.29 is 0 Å². The Labute approximate surface area is 99.3 Å². The zero-order chi connectivity index (χ0) is 11.1. The van der Waals surface area contributed by atoms with E-state index in [0.29, 0.717) is 0 Å². The van der Waals surface area contributed by atoms with Crippen LogP contribution in [0.5, 0.6) is 0 Å². The van der Waals surface area contributed by atoms with Crippen molar-refractivity contribution in [3.8, 4) is 0 Å². The van der Waals surface area contributed by atoms with Crippen molar-refractivity contribution in [3.63, 3.8) is 0 Å². The molecule has 1 aliphatic carbocycles. The van der Waals surface area contributed by atoms with Gasteiger partial charge >= 0.3 is 0 Å². The van der Waals surface area contributed by atoms with Gasteiger partial charge in [-0.15, -0.1) is 0 Å². The molecule has 1 saturated carbocycles. The van der Waals surface area contributed by atoms with Crippen LogP contribution in [-0.4, -0.2) is 4.98 Å². The largest absolute Gasteiger partial charge is 0.261 e. The molecule has 0 amide bonds. The number of pyridine rings is 1. The van der Waals surface area contributed by atoms with Gasteiger partial charge in [-0.1, -0.05) is 51.0 Å². The number of hydrogen-bond donors (Lipinski definition) is 0. The molecule has 0 radical (unpaired) electrons. The van der Waals surface area contributed by atoms with Crippen molar-refractivity contribution in [2.45, 2.75) is 63.7 Å². The molecule has 1 fully saturated rings. The van der Waals surface area contributed by atoms with Gasteiger partial charge in [0.15, 0.2) is 0 Å². The molecule has 2 rings (SSSR count). The molecule has 88 valence electrons. The Morgan fingerprint density at radius 3 is 2.00 bits per heavy atom. The average molecular weight is 217 g/mol. The maximum absolute atomic E-state index is 4.53. The number of hydrogen-bond acceptors (Lipinski definition) is 1. The third kappa shape index (κ3) is 3.62. The Morgan fingerprint density at radius 1 is 0.812 bits per heavy atom. The van der Waals surface area contributed by atoms with E-state index in [1.165, 1.54) is 63.5 Å². The van der Waals surface area contributed by atoms with Crippen LogP contribution in [0.2, 0.25) is 0 Å². The highest BCUT2D eigenvalue weighted by Gasteiger charge is 2.12. The molecule has 0 atom stereocenters. The first kappa shape index (κ1) is 11.6. The second-order valence-electron chi connectivity index (χ2n) is 5.00. The minimum Gasteiger partial charge on any atom is -0.261 e. The van der Waals surface area contributed by atoms with Crippen molar-refractivity contribution in [1.82, 2.24) is 4.98 Å². The van der Waals surface area contributed by atoms with E-state index < -0.39 is 0 Å². The quantitative estimate of drug-likeness (QED) is 0.665. The Hall–Kier alpha value is -0.850. The third-order valence-electron chi connectivity index (χ3n) is 3.71. The average Bonchev–Trinajstić information content (AvgIpc) is 2.37. The zero-order valence-electron chi connectivity index (χ0n) is 10.2. The fourth-order valence-electron chi connectivity index (χ4n) is 2.72. The van der Waals surface area contributed by atoms with E-state index in [0.717, 1.165) is 5.92 Å². The molecule has 0 aromatic carbocycles. The van der Waals surface area contributed by atoms with Gasteiger partial charge in [0.2, 0.25) is 0 Å². The van der Waals surface area contributed by atoms with Gasteiger partial charge in [0.25, 0.3) is 0 Å². The second kappa shape index (κ2) is 6.67. The monoisotopic (exact) mass is 217 g/mol. The molecule has 16 heavy (non-hydrogen) atoms. The molecule has 1 aromatic heterocycles. The summed E-state index contributed by atoms with van der Waals surface area (Å²) in [6.07, 6.45) is 14.6. The van der Waals surface area contributed by atoms with E-state index in [9.17, 15) is 0 Å². The fourth-order valence-corrected chi connectivity index (χ4v) is 2.72. The van der Waals surface area contributed by atoms with Gasteiger partial charge in [-0.25, -0.2) is 0 Å². The number of rotatable bonds is 1. The summed E-state index contributed by atoms with van der Waals surface area (Å²) in [5.74, 6) is 0.722. The molecule has 0 spiro atoms. The second-order valence-corrected chi connectivity index (χ2v) is 5.00. The molecule has 1 nitrogen and oxygen atoms in total. The van der Waals surface area contributed by atoms with E-state index in [4.69, 9.17) is 0 Å². The lowest BCUT2D eigenvalue weighted by molar-refractivity contribution is 0.457. The predicted molar refractivity (Wildman–Crippen MR) is 68.5 cm³/mol. The van der Waals surface area contributed by atoms with Crippen LogP contribution in [0, 0.1) is 0 Å². The Balaban J connectivity index is 1.94. The highest BCUT2D eigenvalue weighted by molar-refractivity contribution is 5.09. The van der Waals surface area contributed by atoms with Gasteiger partial charge < -0.3 is 0 Å². The molecule has 0 bridgehead atoms. The molecule has 0 N–H and O–H groups in total. The lowest BCUT2D eigenvalue weighted by Gasteiger charge is -2.17. The summed E-state index contributed by atoms with van der Waals surface area (Å²) in [4.78, 5) is 4.53. The summed E-state index contributed by atoms with van der Waals surface area (Å²) in [7, 11) is 0. The van der Waals surface area contributed by atoms with Crippen molar-refractivity contribution >= 4 is 0 Å². The van der Waals surface area contributed by atoms with Crippen LogP contribution in [0.25, 0.3) is 0 Å². The van der Waals surface area contributed by atoms with Gasteiger partial charge in [-0.3, -0.25) is 4.98 Å². The topological polar surface area (TPSA) is 12.9 Å². The fraction of sp³-hybridized carbons (Fsp3) is 0.667. The molecule has 1 aliphatic rings. The van der Waals surface area contributed by atoms with E-state index >= 15 is 0 Å². The number of nitrogens with zero attached hydrogens (tertiary/aromatic N) is 1. The molecule has 0 unspecified atom stereocenters. The minimum absolute atomic E-state index is 0.722. The standard InChI is InChI=1S/C15H23N/c1-2-4-6-10-14(11-7-5-3-1)15-12-8-9-13-16-15/h8-9,12-14H,1-7,10-11H2. The first-order valence-electron chi connectivity index (χ1n) is 6.88. The van der Waals surface area contributed by atoms with Crippen molar-refractivity contribution in [1.29, 1.82) is 0 Å². The van der Waals surface area contributed by atoms with Crippen LogP contribution in [0.1, 0.15) is 69.4 Å². The molecular weight excluding hydrogens is 194 g/mol. The summed E-state index contributed by atoms with van der Waals surface area (Å²) in [6, 6.07) is 6.35. The van der Waals surface area contributed by atoms with Crippen LogP contribution < -0.4 is 0 Å². The normalized spacial score (nSPS) is 20.5. The Bertz CT molecular complexity index is 271. The minimum atomic E-state index is 0.722. The molecule has 0 saturated heterocycles. The summed E-state index contributed by atoms with van der Waals surface area (Å²) in [5.41, 5.74) is 1.32. The maximum Gasteiger partial charge on any atom is 0.0434 e. The molecule has 1 heterocycles. The van der Waals surface area contributed by atoms with Gasteiger partial charge in [0.05, 0.1) is 0 Å². The van der Waals surface area contributed by atoms with Crippen molar-refractivity contribution in [3.05, 3.63) is 30.1 Å². The lowest BCUT2D eigenvalue weighted by atomic mass is 9.90. The summed E-state index contributed by atoms with van der Waals surface area (Å²) < 4.78 is 0. The van der Waals surface area contributed by atoms with E-state index in [1.807, 2.05) is 12.3 Å². The van der Waals surface area contributed by atoms with Crippen LogP contribution >= 0.6 is 0 Å². The highest BCUT2D eigenvalue weighted by atomic mass is 14.7. The van der Waals surface area contributed by atoms with Gasteiger partial charge in [-0.05, 0) is 25.0 Å².